The molecule has 0 radical (unpaired) electrons. The largest absolute Gasteiger partial charge is 0.493 e. The zero-order valence-electron chi connectivity index (χ0n) is 17.3. The van der Waals surface area contributed by atoms with Crippen molar-refractivity contribution in [3.63, 3.8) is 0 Å². The molecule has 0 N–H and O–H groups in total. The van der Waals surface area contributed by atoms with Crippen LogP contribution < -0.4 is 9.47 Å². The van der Waals surface area contributed by atoms with E-state index in [1.54, 1.807) is 14.2 Å². The first kappa shape index (κ1) is 22.3. The van der Waals surface area contributed by atoms with E-state index in [4.69, 9.17) is 18.9 Å². The molecule has 4 nitrogen and oxygen atoms in total. The molecule has 0 amide bonds. The number of unbranched alkanes of at least 4 members (excludes halogenated alkanes) is 5. The molecule has 154 valence electrons. The molecule has 0 bridgehead atoms. The SMILES string of the molecule is COc1ccc(COCCCCCCCCOCc2ccccc2)cc1OC. The van der Waals surface area contributed by atoms with Crippen LogP contribution in [0.5, 0.6) is 11.5 Å². The van der Waals surface area contributed by atoms with Crippen LogP contribution in [0, 0.1) is 0 Å². The highest BCUT2D eigenvalue weighted by Crippen LogP contribution is 2.27. The van der Waals surface area contributed by atoms with Crippen LogP contribution in [0.15, 0.2) is 48.5 Å². The van der Waals surface area contributed by atoms with Gasteiger partial charge in [0.15, 0.2) is 11.5 Å². The number of hydrogen-bond donors (Lipinski definition) is 0. The Morgan fingerprint density at radius 1 is 0.571 bits per heavy atom. The summed E-state index contributed by atoms with van der Waals surface area (Å²) in [5, 5.41) is 0. The fourth-order valence-electron chi connectivity index (χ4n) is 3.04. The lowest BCUT2D eigenvalue weighted by Crippen LogP contribution is -1.98. The first-order valence-electron chi connectivity index (χ1n) is 10.2. The first-order valence-corrected chi connectivity index (χ1v) is 10.2. The van der Waals surface area contributed by atoms with Gasteiger partial charge in [0.05, 0.1) is 27.4 Å². The monoisotopic (exact) mass is 386 g/mol. The summed E-state index contributed by atoms with van der Waals surface area (Å²) in [6.45, 7) is 2.98. The summed E-state index contributed by atoms with van der Waals surface area (Å²) >= 11 is 0. The van der Waals surface area contributed by atoms with E-state index in [0.717, 1.165) is 49.7 Å². The van der Waals surface area contributed by atoms with E-state index in [-0.39, 0.29) is 0 Å². The lowest BCUT2D eigenvalue weighted by Gasteiger charge is -2.10. The molecular weight excluding hydrogens is 352 g/mol. The highest BCUT2D eigenvalue weighted by Gasteiger charge is 2.04. The molecule has 0 fully saturated rings. The molecular formula is C24H34O4. The Morgan fingerprint density at radius 3 is 1.75 bits per heavy atom. The molecule has 0 aliphatic rings. The van der Waals surface area contributed by atoms with Gasteiger partial charge in [0, 0.05) is 13.2 Å². The third-order valence-corrected chi connectivity index (χ3v) is 4.66. The molecule has 0 atom stereocenters. The van der Waals surface area contributed by atoms with Crippen molar-refractivity contribution < 1.29 is 18.9 Å². The van der Waals surface area contributed by atoms with Gasteiger partial charge >= 0.3 is 0 Å². The van der Waals surface area contributed by atoms with E-state index < -0.39 is 0 Å². The molecule has 0 spiro atoms. The predicted molar refractivity (Wildman–Crippen MR) is 113 cm³/mol. The zero-order valence-corrected chi connectivity index (χ0v) is 17.3. The van der Waals surface area contributed by atoms with Gasteiger partial charge in [-0.15, -0.1) is 0 Å². The summed E-state index contributed by atoms with van der Waals surface area (Å²) in [6.07, 6.45) is 7.24. The molecule has 0 aliphatic heterocycles. The van der Waals surface area contributed by atoms with Crippen LogP contribution in [0.2, 0.25) is 0 Å². The van der Waals surface area contributed by atoms with Crippen LogP contribution in [0.25, 0.3) is 0 Å². The summed E-state index contributed by atoms with van der Waals surface area (Å²) in [4.78, 5) is 0. The highest BCUT2D eigenvalue weighted by molar-refractivity contribution is 5.42. The Bertz CT molecular complexity index is 642. The maximum absolute atomic E-state index is 5.78. The molecule has 0 saturated carbocycles. The average molecular weight is 387 g/mol. The van der Waals surface area contributed by atoms with E-state index >= 15 is 0 Å². The van der Waals surface area contributed by atoms with Crippen LogP contribution in [-0.4, -0.2) is 27.4 Å². The summed E-state index contributed by atoms with van der Waals surface area (Å²) in [5.74, 6) is 1.49. The Balaban J connectivity index is 1.41. The van der Waals surface area contributed by atoms with Crippen LogP contribution in [0.4, 0.5) is 0 Å². The van der Waals surface area contributed by atoms with Crippen molar-refractivity contribution in [2.45, 2.75) is 51.7 Å². The maximum atomic E-state index is 5.78. The maximum Gasteiger partial charge on any atom is 0.161 e. The van der Waals surface area contributed by atoms with Crippen molar-refractivity contribution in [2.24, 2.45) is 0 Å². The number of ether oxygens (including phenoxy) is 4. The van der Waals surface area contributed by atoms with Crippen molar-refractivity contribution >= 4 is 0 Å². The van der Waals surface area contributed by atoms with Crippen LogP contribution >= 0.6 is 0 Å². The average Bonchev–Trinajstić information content (AvgIpc) is 2.75. The van der Waals surface area contributed by atoms with Gasteiger partial charge in [-0.25, -0.2) is 0 Å². The van der Waals surface area contributed by atoms with Gasteiger partial charge in [0.2, 0.25) is 0 Å². The van der Waals surface area contributed by atoms with Crippen molar-refractivity contribution in [1.82, 2.24) is 0 Å². The van der Waals surface area contributed by atoms with Crippen molar-refractivity contribution in [3.8, 4) is 11.5 Å². The topological polar surface area (TPSA) is 36.9 Å². The lowest BCUT2D eigenvalue weighted by atomic mass is 10.1. The molecule has 0 aromatic heterocycles. The molecule has 2 aromatic carbocycles. The van der Waals surface area contributed by atoms with Gasteiger partial charge in [0.1, 0.15) is 0 Å². The minimum atomic E-state index is 0.610. The summed E-state index contributed by atoms with van der Waals surface area (Å²) < 4.78 is 22.1. The van der Waals surface area contributed by atoms with E-state index in [2.05, 4.69) is 24.3 Å². The fourth-order valence-corrected chi connectivity index (χ4v) is 3.04. The Labute approximate surface area is 169 Å². The van der Waals surface area contributed by atoms with Gasteiger partial charge < -0.3 is 18.9 Å². The summed E-state index contributed by atoms with van der Waals surface area (Å²) in [5.41, 5.74) is 2.35. The quantitative estimate of drug-likeness (QED) is 0.364. The van der Waals surface area contributed by atoms with E-state index in [1.807, 2.05) is 24.3 Å². The summed E-state index contributed by atoms with van der Waals surface area (Å²) in [6, 6.07) is 16.2. The molecule has 2 rings (SSSR count). The predicted octanol–water partition coefficient (Wildman–Crippen LogP) is 5.78. The second kappa shape index (κ2) is 14.0. The van der Waals surface area contributed by atoms with E-state index in [9.17, 15) is 0 Å². The van der Waals surface area contributed by atoms with Gasteiger partial charge in [0.25, 0.3) is 0 Å². The van der Waals surface area contributed by atoms with Gasteiger partial charge in [-0.1, -0.05) is 62.1 Å². The molecule has 28 heavy (non-hydrogen) atoms. The fraction of sp³-hybridized carbons (Fsp3) is 0.500. The second-order valence-corrected chi connectivity index (χ2v) is 6.90. The van der Waals surface area contributed by atoms with Crippen LogP contribution in [0.1, 0.15) is 49.7 Å². The molecule has 4 heteroatoms. The molecule has 0 saturated heterocycles. The number of methoxy groups -OCH3 is 2. The Morgan fingerprint density at radius 2 is 1.14 bits per heavy atom. The van der Waals surface area contributed by atoms with E-state index in [1.165, 1.54) is 31.2 Å². The third kappa shape index (κ3) is 8.77. The van der Waals surface area contributed by atoms with Crippen molar-refractivity contribution in [3.05, 3.63) is 59.7 Å². The highest BCUT2D eigenvalue weighted by atomic mass is 16.5. The minimum absolute atomic E-state index is 0.610. The molecule has 0 heterocycles. The van der Waals surface area contributed by atoms with Crippen molar-refractivity contribution in [2.75, 3.05) is 27.4 Å². The molecule has 0 aliphatic carbocycles. The number of rotatable bonds is 15. The normalized spacial score (nSPS) is 10.8. The van der Waals surface area contributed by atoms with Gasteiger partial charge in [-0.2, -0.15) is 0 Å². The lowest BCUT2D eigenvalue weighted by molar-refractivity contribution is 0.114. The Kier molecular flexibility index (Phi) is 11.1. The standard InChI is InChI=1S/C24H34O4/c1-25-23-15-14-22(18-24(23)26-2)20-28-17-11-6-4-3-5-10-16-27-19-21-12-8-7-9-13-21/h7-9,12-15,18H,3-6,10-11,16-17,19-20H2,1-2H3. The van der Waals surface area contributed by atoms with Gasteiger partial charge in [-0.05, 0) is 36.1 Å². The number of benzene rings is 2. The smallest absolute Gasteiger partial charge is 0.161 e. The second-order valence-electron chi connectivity index (χ2n) is 6.90. The van der Waals surface area contributed by atoms with Crippen molar-refractivity contribution in [1.29, 1.82) is 0 Å². The third-order valence-electron chi connectivity index (χ3n) is 4.66. The molecule has 2 aromatic rings. The van der Waals surface area contributed by atoms with Gasteiger partial charge in [-0.3, -0.25) is 0 Å². The van der Waals surface area contributed by atoms with Crippen LogP contribution in [-0.2, 0) is 22.7 Å². The minimum Gasteiger partial charge on any atom is -0.493 e. The Hall–Kier alpha value is -2.04. The van der Waals surface area contributed by atoms with E-state index in [0.29, 0.717) is 6.61 Å². The first-order chi connectivity index (χ1) is 13.8. The van der Waals surface area contributed by atoms with Crippen LogP contribution in [0.3, 0.4) is 0 Å². The number of hydrogen-bond acceptors (Lipinski definition) is 4. The molecule has 0 unspecified atom stereocenters. The summed E-state index contributed by atoms with van der Waals surface area (Å²) in [7, 11) is 3.30. The zero-order chi connectivity index (χ0) is 19.9.